The summed E-state index contributed by atoms with van der Waals surface area (Å²) < 4.78 is 13.3. The third kappa shape index (κ3) is 2.66. The summed E-state index contributed by atoms with van der Waals surface area (Å²) in [7, 11) is 0. The van der Waals surface area contributed by atoms with Crippen molar-refractivity contribution in [3.05, 3.63) is 50.4 Å². The van der Waals surface area contributed by atoms with Crippen LogP contribution in [0, 0.1) is 12.7 Å². The fourth-order valence-electron chi connectivity index (χ4n) is 1.62. The molecule has 0 aliphatic heterocycles. The lowest BCUT2D eigenvalue weighted by Gasteiger charge is -2.08. The van der Waals surface area contributed by atoms with Crippen molar-refractivity contribution in [2.75, 3.05) is 5.32 Å². The third-order valence-electron chi connectivity index (χ3n) is 2.60. The minimum absolute atomic E-state index is 0.0170. The van der Waals surface area contributed by atoms with Crippen molar-refractivity contribution in [1.29, 1.82) is 0 Å². The normalized spacial score (nSPS) is 10.3. The Balaban J connectivity index is 2.35. The number of halogens is 2. The predicted molar refractivity (Wildman–Crippen MR) is 75.4 cm³/mol. The van der Waals surface area contributed by atoms with E-state index in [9.17, 15) is 14.0 Å². The summed E-state index contributed by atoms with van der Waals surface area (Å²) in [5, 5.41) is 12.8. The van der Waals surface area contributed by atoms with Gasteiger partial charge >= 0.3 is 5.97 Å². The summed E-state index contributed by atoms with van der Waals surface area (Å²) in [6.07, 6.45) is 0. The maximum Gasteiger partial charge on any atom is 0.348 e. The average molecular weight is 314 g/mol. The predicted octanol–water partition coefficient (Wildman–Crippen LogP) is 3.80. The molecule has 0 atom stereocenters. The van der Waals surface area contributed by atoms with Crippen LogP contribution in [-0.4, -0.2) is 17.0 Å². The van der Waals surface area contributed by atoms with Crippen LogP contribution in [0.15, 0.2) is 23.6 Å². The number of rotatable bonds is 3. The van der Waals surface area contributed by atoms with E-state index in [1.165, 1.54) is 12.1 Å². The number of aromatic carboxylic acids is 1. The maximum absolute atomic E-state index is 13.3. The fourth-order valence-corrected chi connectivity index (χ4v) is 2.67. The molecule has 4 nitrogen and oxygen atoms in total. The monoisotopic (exact) mass is 313 g/mol. The molecule has 1 aromatic heterocycles. The second-order valence-corrected chi connectivity index (χ2v) is 5.24. The summed E-state index contributed by atoms with van der Waals surface area (Å²) in [5.41, 5.74) is 0.773. The van der Waals surface area contributed by atoms with Crippen LogP contribution in [0.1, 0.15) is 25.6 Å². The molecule has 1 heterocycles. The first-order valence-electron chi connectivity index (χ1n) is 5.48. The van der Waals surface area contributed by atoms with E-state index in [1.807, 2.05) is 0 Å². The van der Waals surface area contributed by atoms with Gasteiger partial charge in [-0.15, -0.1) is 11.3 Å². The molecule has 2 aromatic rings. The SMILES string of the molecule is Cc1csc(C(=O)O)c1NC(=O)c1cccc(F)c1Cl. The van der Waals surface area contributed by atoms with E-state index in [-0.39, 0.29) is 21.2 Å². The number of carboxylic acids is 1. The van der Waals surface area contributed by atoms with Gasteiger partial charge in [0, 0.05) is 0 Å². The van der Waals surface area contributed by atoms with Crippen molar-refractivity contribution >= 4 is 40.5 Å². The first-order chi connectivity index (χ1) is 9.41. The molecule has 0 spiro atoms. The highest BCUT2D eigenvalue weighted by Crippen LogP contribution is 2.29. The Morgan fingerprint density at radius 2 is 2.10 bits per heavy atom. The molecule has 1 aromatic carbocycles. The number of anilines is 1. The molecule has 2 rings (SSSR count). The van der Waals surface area contributed by atoms with E-state index in [0.717, 1.165) is 17.4 Å². The molecule has 0 aliphatic rings. The summed E-state index contributed by atoms with van der Waals surface area (Å²) in [5.74, 6) is -2.50. The van der Waals surface area contributed by atoms with E-state index >= 15 is 0 Å². The number of benzene rings is 1. The fraction of sp³-hybridized carbons (Fsp3) is 0.0769. The number of thiophene rings is 1. The van der Waals surface area contributed by atoms with Crippen LogP contribution in [0.25, 0.3) is 0 Å². The number of carboxylic acid groups (broad SMARTS) is 1. The van der Waals surface area contributed by atoms with E-state index in [4.69, 9.17) is 16.7 Å². The van der Waals surface area contributed by atoms with Crippen molar-refractivity contribution in [2.24, 2.45) is 0 Å². The van der Waals surface area contributed by atoms with Gasteiger partial charge in [-0.3, -0.25) is 4.79 Å². The van der Waals surface area contributed by atoms with Gasteiger partial charge in [-0.05, 0) is 30.0 Å². The van der Waals surface area contributed by atoms with Crippen LogP contribution in [0.5, 0.6) is 0 Å². The lowest BCUT2D eigenvalue weighted by atomic mass is 10.2. The average Bonchev–Trinajstić information content (AvgIpc) is 2.74. The van der Waals surface area contributed by atoms with Crippen molar-refractivity contribution in [2.45, 2.75) is 6.92 Å². The van der Waals surface area contributed by atoms with Crippen LogP contribution in [0.3, 0.4) is 0 Å². The number of hydrogen-bond acceptors (Lipinski definition) is 3. The van der Waals surface area contributed by atoms with Gasteiger partial charge in [0.2, 0.25) is 0 Å². The summed E-state index contributed by atoms with van der Waals surface area (Å²) in [6.45, 7) is 1.67. The highest BCUT2D eigenvalue weighted by molar-refractivity contribution is 7.12. The largest absolute Gasteiger partial charge is 0.477 e. The van der Waals surface area contributed by atoms with E-state index in [0.29, 0.717) is 5.56 Å². The Kier molecular flexibility index (Phi) is 4.06. The van der Waals surface area contributed by atoms with Gasteiger partial charge in [-0.25, -0.2) is 9.18 Å². The lowest BCUT2D eigenvalue weighted by molar-refractivity contribution is 0.0703. The molecule has 0 radical (unpaired) electrons. The minimum atomic E-state index is -1.14. The summed E-state index contributed by atoms with van der Waals surface area (Å²) in [4.78, 5) is 23.1. The van der Waals surface area contributed by atoms with E-state index in [1.54, 1.807) is 12.3 Å². The van der Waals surface area contributed by atoms with E-state index in [2.05, 4.69) is 5.32 Å². The second-order valence-electron chi connectivity index (χ2n) is 3.98. The zero-order chi connectivity index (χ0) is 14.9. The number of carbonyl (C=O) groups is 2. The van der Waals surface area contributed by atoms with Crippen molar-refractivity contribution < 1.29 is 19.1 Å². The smallest absolute Gasteiger partial charge is 0.348 e. The number of carbonyl (C=O) groups excluding carboxylic acids is 1. The number of aryl methyl sites for hydroxylation is 1. The third-order valence-corrected chi connectivity index (χ3v) is 4.07. The Labute approximate surface area is 122 Å². The second kappa shape index (κ2) is 5.60. The highest BCUT2D eigenvalue weighted by atomic mass is 35.5. The summed E-state index contributed by atoms with van der Waals surface area (Å²) in [6, 6.07) is 3.86. The van der Waals surface area contributed by atoms with Crippen LogP contribution in [-0.2, 0) is 0 Å². The zero-order valence-corrected chi connectivity index (χ0v) is 11.8. The first kappa shape index (κ1) is 14.5. The molecule has 7 heteroatoms. The Hall–Kier alpha value is -1.92. The molecule has 1 amide bonds. The van der Waals surface area contributed by atoms with Gasteiger partial charge in [0.25, 0.3) is 5.91 Å². The Bertz CT molecular complexity index is 699. The van der Waals surface area contributed by atoms with Crippen molar-refractivity contribution in [3.63, 3.8) is 0 Å². The van der Waals surface area contributed by atoms with Gasteiger partial charge in [0.1, 0.15) is 10.7 Å². The van der Waals surface area contributed by atoms with Crippen LogP contribution in [0.2, 0.25) is 5.02 Å². The first-order valence-corrected chi connectivity index (χ1v) is 6.74. The van der Waals surface area contributed by atoms with Crippen LogP contribution < -0.4 is 5.32 Å². The molecule has 0 saturated heterocycles. The zero-order valence-electron chi connectivity index (χ0n) is 10.2. The number of hydrogen-bond donors (Lipinski definition) is 2. The number of amides is 1. The molecular formula is C13H9ClFNO3S. The maximum atomic E-state index is 13.3. The Morgan fingerprint density at radius 3 is 2.75 bits per heavy atom. The van der Waals surface area contributed by atoms with Crippen molar-refractivity contribution in [3.8, 4) is 0 Å². The summed E-state index contributed by atoms with van der Waals surface area (Å²) >= 11 is 6.73. The molecule has 0 saturated carbocycles. The standard InChI is InChI=1S/C13H9ClFNO3S/c1-6-5-20-11(13(18)19)10(6)16-12(17)7-3-2-4-8(15)9(7)14/h2-5H,1H3,(H,16,17)(H,18,19). The van der Waals surface area contributed by atoms with Crippen LogP contribution in [0.4, 0.5) is 10.1 Å². The van der Waals surface area contributed by atoms with Gasteiger partial charge in [-0.2, -0.15) is 0 Å². The molecule has 2 N–H and O–H groups in total. The molecule has 20 heavy (non-hydrogen) atoms. The topological polar surface area (TPSA) is 66.4 Å². The molecule has 0 unspecified atom stereocenters. The molecule has 0 aliphatic carbocycles. The minimum Gasteiger partial charge on any atom is -0.477 e. The highest BCUT2D eigenvalue weighted by Gasteiger charge is 2.20. The number of nitrogens with one attached hydrogen (secondary N) is 1. The Morgan fingerprint density at radius 1 is 1.40 bits per heavy atom. The van der Waals surface area contributed by atoms with Gasteiger partial charge in [0.15, 0.2) is 0 Å². The van der Waals surface area contributed by atoms with Gasteiger partial charge in [-0.1, -0.05) is 17.7 Å². The quantitative estimate of drug-likeness (QED) is 0.905. The molecular weight excluding hydrogens is 305 g/mol. The van der Waals surface area contributed by atoms with Crippen molar-refractivity contribution in [1.82, 2.24) is 0 Å². The van der Waals surface area contributed by atoms with E-state index < -0.39 is 17.7 Å². The van der Waals surface area contributed by atoms with Gasteiger partial charge < -0.3 is 10.4 Å². The van der Waals surface area contributed by atoms with Crippen LogP contribution >= 0.6 is 22.9 Å². The molecule has 104 valence electrons. The van der Waals surface area contributed by atoms with Gasteiger partial charge in [0.05, 0.1) is 16.3 Å². The lowest BCUT2D eigenvalue weighted by Crippen LogP contribution is -2.15. The molecule has 0 bridgehead atoms. The molecule has 0 fully saturated rings.